The Labute approximate surface area is 90.0 Å². The topological polar surface area (TPSA) is 0 Å². The molecular formula is C12H7Zn-. The molecule has 0 amide bonds. The van der Waals surface area contributed by atoms with Crippen LogP contribution in [0.25, 0.3) is 16.8 Å². The van der Waals surface area contributed by atoms with Gasteiger partial charge in [-0.1, -0.05) is 23.6 Å². The van der Waals surface area contributed by atoms with Crippen LogP contribution in [0, 0.1) is 6.08 Å². The fourth-order valence-electron chi connectivity index (χ4n) is 1.77. The maximum atomic E-state index is 3.25. The summed E-state index contributed by atoms with van der Waals surface area (Å²) in [5, 5.41) is 2.66. The van der Waals surface area contributed by atoms with Gasteiger partial charge in [0.15, 0.2) is 0 Å². The number of hydrogen-bond acceptors (Lipinski definition) is 0. The summed E-state index contributed by atoms with van der Waals surface area (Å²) in [7, 11) is 0. The SMILES string of the molecule is [C-]1=Cc2cccc3cccc1c23.[Zn]. The molecule has 0 atom stereocenters. The van der Waals surface area contributed by atoms with Gasteiger partial charge in [0.1, 0.15) is 0 Å². The quantitative estimate of drug-likeness (QED) is 0.400. The normalized spacial score (nSPS) is 11.7. The van der Waals surface area contributed by atoms with Crippen LogP contribution in [0.3, 0.4) is 0 Å². The van der Waals surface area contributed by atoms with Crippen LogP contribution in [0.2, 0.25) is 0 Å². The average Bonchev–Trinajstić information content (AvgIpc) is 2.52. The van der Waals surface area contributed by atoms with Crippen molar-refractivity contribution >= 4 is 16.8 Å². The van der Waals surface area contributed by atoms with Crippen molar-refractivity contribution in [2.45, 2.75) is 0 Å². The maximum Gasteiger partial charge on any atom is 0 e. The summed E-state index contributed by atoms with van der Waals surface area (Å²) in [4.78, 5) is 0. The van der Waals surface area contributed by atoms with Crippen LogP contribution in [-0.2, 0) is 19.5 Å². The summed E-state index contributed by atoms with van der Waals surface area (Å²) in [6, 6.07) is 12.7. The summed E-state index contributed by atoms with van der Waals surface area (Å²) in [6.07, 6.45) is 5.30. The van der Waals surface area contributed by atoms with Crippen LogP contribution >= 0.6 is 0 Å². The Morgan fingerprint density at radius 3 is 2.54 bits per heavy atom. The zero-order valence-electron chi connectivity index (χ0n) is 7.25. The second-order valence-corrected chi connectivity index (χ2v) is 3.04. The minimum atomic E-state index is 0. The van der Waals surface area contributed by atoms with Crippen LogP contribution in [0.1, 0.15) is 11.1 Å². The summed E-state index contributed by atoms with van der Waals surface area (Å²) in [5.74, 6) is 0. The van der Waals surface area contributed by atoms with E-state index in [1.165, 1.54) is 21.9 Å². The first-order valence-corrected chi connectivity index (χ1v) is 4.07. The molecule has 0 saturated carbocycles. The molecule has 0 aromatic heterocycles. The molecule has 0 N–H and O–H groups in total. The van der Waals surface area contributed by atoms with E-state index in [0.29, 0.717) is 0 Å². The van der Waals surface area contributed by atoms with Crippen molar-refractivity contribution in [2.75, 3.05) is 0 Å². The van der Waals surface area contributed by atoms with Crippen LogP contribution in [-0.4, -0.2) is 0 Å². The van der Waals surface area contributed by atoms with Gasteiger partial charge in [-0.2, -0.15) is 5.56 Å². The molecular weight excluding hydrogens is 210 g/mol. The molecule has 0 bridgehead atoms. The van der Waals surface area contributed by atoms with Crippen LogP contribution in [0.15, 0.2) is 36.4 Å². The van der Waals surface area contributed by atoms with E-state index in [4.69, 9.17) is 0 Å². The third-order valence-corrected chi connectivity index (χ3v) is 2.32. The molecule has 1 aliphatic rings. The van der Waals surface area contributed by atoms with Crippen molar-refractivity contribution in [3.05, 3.63) is 53.6 Å². The Kier molecular flexibility index (Phi) is 2.05. The van der Waals surface area contributed by atoms with Crippen molar-refractivity contribution in [3.63, 3.8) is 0 Å². The van der Waals surface area contributed by atoms with E-state index in [-0.39, 0.29) is 19.5 Å². The van der Waals surface area contributed by atoms with E-state index in [1.54, 1.807) is 0 Å². The minimum Gasteiger partial charge on any atom is -0.151 e. The van der Waals surface area contributed by atoms with Crippen molar-refractivity contribution in [2.24, 2.45) is 0 Å². The first kappa shape index (κ1) is 8.65. The van der Waals surface area contributed by atoms with Gasteiger partial charge in [-0.3, -0.25) is 0 Å². The first-order valence-electron chi connectivity index (χ1n) is 4.07. The molecule has 1 aliphatic carbocycles. The zero-order chi connectivity index (χ0) is 7.97. The summed E-state index contributed by atoms with van der Waals surface area (Å²) >= 11 is 0. The van der Waals surface area contributed by atoms with E-state index in [2.05, 4.69) is 48.6 Å². The third kappa shape index (κ3) is 1.15. The van der Waals surface area contributed by atoms with Gasteiger partial charge in [-0.15, -0.1) is 41.3 Å². The maximum absolute atomic E-state index is 3.25. The predicted octanol–water partition coefficient (Wildman–Crippen LogP) is 3.02. The van der Waals surface area contributed by atoms with Crippen LogP contribution < -0.4 is 0 Å². The minimum absolute atomic E-state index is 0. The number of hydrogen-bond donors (Lipinski definition) is 0. The Balaban J connectivity index is 0.000000653. The van der Waals surface area contributed by atoms with Crippen molar-refractivity contribution in [1.29, 1.82) is 0 Å². The van der Waals surface area contributed by atoms with E-state index in [9.17, 15) is 0 Å². The summed E-state index contributed by atoms with van der Waals surface area (Å²) in [5.41, 5.74) is 2.52. The van der Waals surface area contributed by atoms with Crippen molar-refractivity contribution < 1.29 is 19.5 Å². The Hall–Kier alpha value is -0.937. The largest absolute Gasteiger partial charge is 0.151 e. The molecule has 0 unspecified atom stereocenters. The molecule has 0 spiro atoms. The monoisotopic (exact) mass is 215 g/mol. The van der Waals surface area contributed by atoms with Gasteiger partial charge in [0.05, 0.1) is 0 Å². The molecule has 0 radical (unpaired) electrons. The zero-order valence-corrected chi connectivity index (χ0v) is 10.2. The fraction of sp³-hybridized carbons (Fsp3) is 0. The number of rotatable bonds is 0. The molecule has 2 aromatic rings. The standard InChI is InChI=1S/C12H7.Zn/c1-3-9-4-2-6-11-8-7-10(5-1)12(9)11;/h1-7H;/q-1;. The van der Waals surface area contributed by atoms with E-state index in [1.807, 2.05) is 0 Å². The number of benzene rings is 2. The molecule has 0 saturated heterocycles. The fourth-order valence-corrected chi connectivity index (χ4v) is 1.77. The molecule has 2 aromatic carbocycles. The van der Waals surface area contributed by atoms with Gasteiger partial charge >= 0.3 is 0 Å². The van der Waals surface area contributed by atoms with Crippen LogP contribution in [0.4, 0.5) is 0 Å². The smallest absolute Gasteiger partial charge is 0 e. The van der Waals surface area contributed by atoms with Gasteiger partial charge in [0.25, 0.3) is 0 Å². The molecule has 0 fully saturated rings. The summed E-state index contributed by atoms with van der Waals surface area (Å²) in [6.45, 7) is 0. The second-order valence-electron chi connectivity index (χ2n) is 3.04. The van der Waals surface area contributed by atoms with Gasteiger partial charge < -0.3 is 0 Å². The third-order valence-electron chi connectivity index (χ3n) is 2.32. The average molecular weight is 217 g/mol. The Morgan fingerprint density at radius 2 is 1.69 bits per heavy atom. The van der Waals surface area contributed by atoms with Crippen LogP contribution in [0.5, 0.6) is 0 Å². The second kappa shape index (κ2) is 3.08. The Morgan fingerprint density at radius 1 is 0.923 bits per heavy atom. The van der Waals surface area contributed by atoms with E-state index >= 15 is 0 Å². The van der Waals surface area contributed by atoms with Crippen molar-refractivity contribution in [3.8, 4) is 0 Å². The van der Waals surface area contributed by atoms with E-state index < -0.39 is 0 Å². The van der Waals surface area contributed by atoms with Gasteiger partial charge in [-0.25, -0.2) is 0 Å². The predicted molar refractivity (Wildman–Crippen MR) is 50.8 cm³/mol. The molecule has 0 aliphatic heterocycles. The Bertz CT molecular complexity index is 443. The molecule has 0 nitrogen and oxygen atoms in total. The van der Waals surface area contributed by atoms with Gasteiger partial charge in [0, 0.05) is 19.5 Å². The van der Waals surface area contributed by atoms with Gasteiger partial charge in [-0.05, 0) is 0 Å². The molecule has 58 valence electrons. The summed E-state index contributed by atoms with van der Waals surface area (Å²) < 4.78 is 0. The first-order chi connectivity index (χ1) is 5.95. The molecule has 0 heterocycles. The molecule has 3 rings (SSSR count). The van der Waals surface area contributed by atoms with Crippen molar-refractivity contribution in [1.82, 2.24) is 0 Å². The molecule has 13 heavy (non-hydrogen) atoms. The van der Waals surface area contributed by atoms with Gasteiger partial charge in [0.2, 0.25) is 0 Å². The molecule has 1 heteroatoms. The van der Waals surface area contributed by atoms with E-state index in [0.717, 1.165) is 0 Å².